The monoisotopic (exact) mass is 367 g/mol. The molecule has 0 aromatic heterocycles. The molecule has 1 N–H and O–H groups in total. The number of benzene rings is 2. The van der Waals surface area contributed by atoms with Crippen LogP contribution in [0.5, 0.6) is 11.5 Å². The summed E-state index contributed by atoms with van der Waals surface area (Å²) in [7, 11) is -1.38. The summed E-state index contributed by atoms with van der Waals surface area (Å²) in [4.78, 5) is 0. The van der Waals surface area contributed by atoms with Crippen molar-refractivity contribution in [3.05, 3.63) is 59.7 Å². The average molecular weight is 367 g/mol. The van der Waals surface area contributed by atoms with E-state index in [1.165, 1.54) is 12.1 Å². The first-order chi connectivity index (χ1) is 11.7. The highest BCUT2D eigenvalue weighted by molar-refractivity contribution is 7.84. The summed E-state index contributed by atoms with van der Waals surface area (Å²) in [5, 5.41) is 0. The van der Waals surface area contributed by atoms with Crippen LogP contribution in [0.2, 0.25) is 0 Å². The normalized spacial score (nSPS) is 14.2. The first kappa shape index (κ1) is 19.5. The van der Waals surface area contributed by atoms with E-state index in [1.54, 1.807) is 30.3 Å². The van der Waals surface area contributed by atoms with E-state index in [2.05, 4.69) is 4.72 Å². The molecular weight excluding hydrogens is 344 g/mol. The van der Waals surface area contributed by atoms with E-state index >= 15 is 0 Å². The zero-order valence-corrected chi connectivity index (χ0v) is 15.6. The van der Waals surface area contributed by atoms with Gasteiger partial charge >= 0.3 is 0 Å². The van der Waals surface area contributed by atoms with Crippen molar-refractivity contribution in [2.24, 2.45) is 0 Å². The van der Waals surface area contributed by atoms with Gasteiger partial charge in [-0.1, -0.05) is 31.2 Å². The van der Waals surface area contributed by atoms with E-state index in [-0.39, 0.29) is 5.56 Å². The molecule has 0 unspecified atom stereocenters. The lowest BCUT2D eigenvalue weighted by atomic mass is 10.0. The van der Waals surface area contributed by atoms with Crippen molar-refractivity contribution in [2.75, 3.05) is 0 Å². The molecule has 0 heterocycles. The summed E-state index contributed by atoms with van der Waals surface area (Å²) in [6.07, 6.45) is 0.495. The zero-order chi connectivity index (χ0) is 18.6. The summed E-state index contributed by atoms with van der Waals surface area (Å²) in [5.41, 5.74) is 0.229. The SMILES string of the molecule is CC[C@@H](N[S@@](=O)C(C)(C)C)c1ccc(F)c(Oc2ccccc2)c1F. The van der Waals surface area contributed by atoms with Crippen molar-refractivity contribution in [3.63, 3.8) is 0 Å². The zero-order valence-electron chi connectivity index (χ0n) is 14.8. The maximum atomic E-state index is 14.9. The van der Waals surface area contributed by atoms with Gasteiger partial charge in [0.15, 0.2) is 17.4 Å². The molecule has 0 saturated heterocycles. The Hall–Kier alpha value is -1.79. The predicted octanol–water partition coefficient (Wildman–Crippen LogP) is 5.26. The van der Waals surface area contributed by atoms with Crippen molar-refractivity contribution in [1.82, 2.24) is 4.72 Å². The van der Waals surface area contributed by atoms with Gasteiger partial charge in [0.05, 0.1) is 15.7 Å². The highest BCUT2D eigenvalue weighted by Gasteiger charge is 2.26. The van der Waals surface area contributed by atoms with Crippen molar-refractivity contribution < 1.29 is 17.7 Å². The van der Waals surface area contributed by atoms with Crippen LogP contribution in [0.3, 0.4) is 0 Å². The maximum absolute atomic E-state index is 14.9. The Labute approximate surface area is 150 Å². The molecule has 0 fully saturated rings. The Morgan fingerprint density at radius 1 is 1.12 bits per heavy atom. The van der Waals surface area contributed by atoms with Gasteiger partial charge in [-0.3, -0.25) is 0 Å². The standard InChI is InChI=1S/C19H23F2NO2S/c1-5-16(22-25(23)19(2,3)4)14-11-12-15(20)18(17(14)21)24-13-9-7-6-8-10-13/h6-12,16,22H,5H2,1-4H3/t16-,25+/m1/s1. The Bertz CT molecular complexity index is 745. The summed E-state index contributed by atoms with van der Waals surface area (Å²) < 4.78 is 49.2. The van der Waals surface area contributed by atoms with E-state index in [9.17, 15) is 13.0 Å². The Morgan fingerprint density at radius 2 is 1.76 bits per heavy atom. The maximum Gasteiger partial charge on any atom is 0.198 e. The van der Waals surface area contributed by atoms with Crippen LogP contribution in [0.1, 0.15) is 45.7 Å². The van der Waals surface area contributed by atoms with Gasteiger partial charge in [0.2, 0.25) is 0 Å². The molecule has 0 amide bonds. The van der Waals surface area contributed by atoms with Crippen molar-refractivity contribution in [1.29, 1.82) is 0 Å². The van der Waals surface area contributed by atoms with Crippen LogP contribution in [0, 0.1) is 11.6 Å². The summed E-state index contributed by atoms with van der Waals surface area (Å²) >= 11 is 0. The number of halogens is 2. The molecule has 25 heavy (non-hydrogen) atoms. The van der Waals surface area contributed by atoms with Gasteiger partial charge in [-0.25, -0.2) is 17.7 Å². The van der Waals surface area contributed by atoms with E-state index in [0.29, 0.717) is 12.2 Å². The molecule has 0 aliphatic carbocycles. The van der Waals surface area contributed by atoms with E-state index in [0.717, 1.165) is 0 Å². The Balaban J connectivity index is 2.35. The molecule has 2 atom stereocenters. The number of ether oxygens (including phenoxy) is 1. The second-order valence-corrected chi connectivity index (χ2v) is 8.65. The fraction of sp³-hybridized carbons (Fsp3) is 0.368. The summed E-state index contributed by atoms with van der Waals surface area (Å²) in [5.74, 6) is -1.67. The van der Waals surface area contributed by atoms with Crippen LogP contribution in [0.15, 0.2) is 42.5 Å². The molecule has 0 aliphatic heterocycles. The lowest BCUT2D eigenvalue weighted by Crippen LogP contribution is -2.35. The third-order valence-corrected chi connectivity index (χ3v) is 5.24. The van der Waals surface area contributed by atoms with Crippen LogP contribution < -0.4 is 9.46 Å². The molecule has 2 rings (SSSR count). The third-order valence-electron chi connectivity index (χ3n) is 3.63. The second-order valence-electron chi connectivity index (χ2n) is 6.65. The van der Waals surface area contributed by atoms with Crippen molar-refractivity contribution >= 4 is 11.0 Å². The molecule has 136 valence electrons. The van der Waals surface area contributed by atoms with Crippen LogP contribution in [0.4, 0.5) is 8.78 Å². The second kappa shape index (κ2) is 8.06. The van der Waals surface area contributed by atoms with Crippen LogP contribution in [-0.2, 0) is 11.0 Å². The smallest absolute Gasteiger partial charge is 0.198 e. The van der Waals surface area contributed by atoms with Gasteiger partial charge in [-0.05, 0) is 45.4 Å². The van der Waals surface area contributed by atoms with E-state index in [1.807, 2.05) is 27.7 Å². The minimum absolute atomic E-state index is 0.229. The minimum Gasteiger partial charge on any atom is -0.451 e. The molecule has 0 radical (unpaired) electrons. The van der Waals surface area contributed by atoms with Gasteiger partial charge in [0.25, 0.3) is 0 Å². The number of rotatable bonds is 6. The van der Waals surface area contributed by atoms with Gasteiger partial charge < -0.3 is 4.74 Å². The largest absolute Gasteiger partial charge is 0.451 e. The summed E-state index contributed by atoms with van der Waals surface area (Å²) in [6.45, 7) is 7.33. The predicted molar refractivity (Wildman–Crippen MR) is 96.9 cm³/mol. The topological polar surface area (TPSA) is 38.3 Å². The van der Waals surface area contributed by atoms with Gasteiger partial charge in [0, 0.05) is 11.6 Å². The molecule has 2 aromatic carbocycles. The van der Waals surface area contributed by atoms with Gasteiger partial charge in [0.1, 0.15) is 5.75 Å². The molecule has 6 heteroatoms. The minimum atomic E-state index is -1.38. The molecule has 0 aliphatic rings. The molecule has 3 nitrogen and oxygen atoms in total. The lowest BCUT2D eigenvalue weighted by Gasteiger charge is -2.24. The quantitative estimate of drug-likeness (QED) is 0.756. The molecule has 0 saturated carbocycles. The van der Waals surface area contributed by atoms with Crippen molar-refractivity contribution in [3.8, 4) is 11.5 Å². The fourth-order valence-electron chi connectivity index (χ4n) is 2.19. The number of hydrogen-bond donors (Lipinski definition) is 1. The van der Waals surface area contributed by atoms with E-state index < -0.39 is 39.2 Å². The number of para-hydroxylation sites is 1. The fourth-order valence-corrected chi connectivity index (χ4v) is 3.10. The molecule has 0 bridgehead atoms. The Morgan fingerprint density at radius 3 is 2.32 bits per heavy atom. The first-order valence-electron chi connectivity index (χ1n) is 8.13. The number of hydrogen-bond acceptors (Lipinski definition) is 2. The average Bonchev–Trinajstić information content (AvgIpc) is 2.57. The van der Waals surface area contributed by atoms with Gasteiger partial charge in [-0.2, -0.15) is 0 Å². The molecule has 2 aromatic rings. The van der Waals surface area contributed by atoms with Crippen molar-refractivity contribution in [2.45, 2.75) is 44.9 Å². The first-order valence-corrected chi connectivity index (χ1v) is 9.28. The van der Waals surface area contributed by atoms with Crippen LogP contribution in [-0.4, -0.2) is 8.96 Å². The Kier molecular flexibility index (Phi) is 6.30. The molecular formula is C19H23F2NO2S. The highest BCUT2D eigenvalue weighted by Crippen LogP contribution is 2.33. The van der Waals surface area contributed by atoms with E-state index in [4.69, 9.17) is 4.74 Å². The highest BCUT2D eigenvalue weighted by atomic mass is 32.2. The lowest BCUT2D eigenvalue weighted by molar-refractivity contribution is 0.399. The molecule has 0 spiro atoms. The number of nitrogens with one attached hydrogen (secondary N) is 1. The third kappa shape index (κ3) is 4.86. The summed E-state index contributed by atoms with van der Waals surface area (Å²) in [6, 6.07) is 10.5. The van der Waals surface area contributed by atoms with Gasteiger partial charge in [-0.15, -0.1) is 0 Å². The van der Waals surface area contributed by atoms with Crippen LogP contribution in [0.25, 0.3) is 0 Å². The van der Waals surface area contributed by atoms with Crippen LogP contribution >= 0.6 is 0 Å².